The van der Waals surface area contributed by atoms with E-state index in [1.807, 2.05) is 0 Å². The lowest BCUT2D eigenvalue weighted by Gasteiger charge is -2.30. The molecule has 1 aromatic rings. The average molecular weight is 258 g/mol. The summed E-state index contributed by atoms with van der Waals surface area (Å²) in [6.45, 7) is 0. The Kier molecular flexibility index (Phi) is 3.92. The SMILES string of the molecule is NNC(CC1CCC1)c1ccccc1C(F)(F)F. The smallest absolute Gasteiger partial charge is 0.271 e. The number of halogens is 3. The fourth-order valence-electron chi connectivity index (χ4n) is 2.41. The standard InChI is InChI=1S/C13H17F3N2/c14-13(15,16)11-7-2-1-6-10(11)12(18-17)8-9-4-3-5-9/h1-2,6-7,9,12,18H,3-5,8,17H2. The van der Waals surface area contributed by atoms with Gasteiger partial charge in [0.05, 0.1) is 5.56 Å². The largest absolute Gasteiger partial charge is 0.416 e. The normalized spacial score (nSPS) is 18.4. The first-order valence-corrected chi connectivity index (χ1v) is 6.14. The van der Waals surface area contributed by atoms with Gasteiger partial charge in [-0.3, -0.25) is 11.3 Å². The fourth-order valence-corrected chi connectivity index (χ4v) is 2.41. The van der Waals surface area contributed by atoms with Crippen molar-refractivity contribution in [1.29, 1.82) is 0 Å². The number of hydrogen-bond acceptors (Lipinski definition) is 2. The third kappa shape index (κ3) is 2.84. The molecule has 0 radical (unpaired) electrons. The highest BCUT2D eigenvalue weighted by Gasteiger charge is 2.35. The van der Waals surface area contributed by atoms with Crippen LogP contribution in [0.3, 0.4) is 0 Å². The van der Waals surface area contributed by atoms with Crippen LogP contribution in [-0.4, -0.2) is 0 Å². The molecule has 0 aliphatic heterocycles. The van der Waals surface area contributed by atoms with E-state index >= 15 is 0 Å². The van der Waals surface area contributed by atoms with Crippen molar-refractivity contribution in [3.63, 3.8) is 0 Å². The Labute approximate surface area is 104 Å². The molecule has 1 aromatic carbocycles. The van der Waals surface area contributed by atoms with E-state index in [1.165, 1.54) is 18.6 Å². The molecule has 1 atom stereocenters. The summed E-state index contributed by atoms with van der Waals surface area (Å²) in [6, 6.07) is 5.22. The summed E-state index contributed by atoms with van der Waals surface area (Å²) in [5, 5.41) is 0. The van der Waals surface area contributed by atoms with Gasteiger partial charge in [0.15, 0.2) is 0 Å². The molecule has 0 saturated heterocycles. The number of hydrogen-bond donors (Lipinski definition) is 2. The molecule has 2 rings (SSSR count). The highest BCUT2D eigenvalue weighted by molar-refractivity contribution is 5.32. The highest BCUT2D eigenvalue weighted by atomic mass is 19.4. The molecule has 5 heteroatoms. The average Bonchev–Trinajstić information content (AvgIpc) is 2.27. The maximum Gasteiger partial charge on any atom is 0.416 e. The zero-order valence-corrected chi connectivity index (χ0v) is 10.0. The first kappa shape index (κ1) is 13.4. The van der Waals surface area contributed by atoms with Crippen molar-refractivity contribution in [3.8, 4) is 0 Å². The minimum Gasteiger partial charge on any atom is -0.271 e. The fraction of sp³-hybridized carbons (Fsp3) is 0.538. The van der Waals surface area contributed by atoms with Crippen LogP contribution in [-0.2, 0) is 6.18 Å². The molecule has 1 unspecified atom stereocenters. The number of benzene rings is 1. The molecule has 0 spiro atoms. The van der Waals surface area contributed by atoms with E-state index in [2.05, 4.69) is 5.43 Å². The second-order valence-electron chi connectivity index (χ2n) is 4.84. The first-order chi connectivity index (χ1) is 8.52. The molecule has 18 heavy (non-hydrogen) atoms. The second-order valence-corrected chi connectivity index (χ2v) is 4.84. The van der Waals surface area contributed by atoms with Crippen LogP contribution >= 0.6 is 0 Å². The summed E-state index contributed by atoms with van der Waals surface area (Å²) < 4.78 is 38.7. The molecule has 1 aliphatic carbocycles. The van der Waals surface area contributed by atoms with Crippen molar-refractivity contribution in [1.82, 2.24) is 5.43 Å². The Morgan fingerprint density at radius 2 is 1.94 bits per heavy atom. The van der Waals surface area contributed by atoms with Crippen LogP contribution in [0.15, 0.2) is 24.3 Å². The van der Waals surface area contributed by atoms with Gasteiger partial charge in [-0.15, -0.1) is 0 Å². The Morgan fingerprint density at radius 1 is 1.28 bits per heavy atom. The molecule has 1 aliphatic rings. The summed E-state index contributed by atoms with van der Waals surface area (Å²) in [6.07, 6.45) is -0.309. The van der Waals surface area contributed by atoms with Gasteiger partial charge < -0.3 is 0 Å². The van der Waals surface area contributed by atoms with Gasteiger partial charge in [0.2, 0.25) is 0 Å². The van der Waals surface area contributed by atoms with Gasteiger partial charge >= 0.3 is 6.18 Å². The van der Waals surface area contributed by atoms with Crippen molar-refractivity contribution in [3.05, 3.63) is 35.4 Å². The quantitative estimate of drug-likeness (QED) is 0.641. The Morgan fingerprint density at radius 3 is 2.44 bits per heavy atom. The Bertz CT molecular complexity index is 399. The van der Waals surface area contributed by atoms with E-state index in [1.54, 1.807) is 6.07 Å². The molecule has 0 bridgehead atoms. The van der Waals surface area contributed by atoms with Crippen LogP contribution < -0.4 is 11.3 Å². The van der Waals surface area contributed by atoms with Gasteiger partial charge in [0.1, 0.15) is 0 Å². The summed E-state index contributed by atoms with van der Waals surface area (Å²) in [7, 11) is 0. The molecule has 2 nitrogen and oxygen atoms in total. The Balaban J connectivity index is 2.23. The number of hydrazine groups is 1. The van der Waals surface area contributed by atoms with Gasteiger partial charge in [-0.05, 0) is 24.0 Å². The van der Waals surface area contributed by atoms with Crippen LogP contribution in [0.1, 0.15) is 42.9 Å². The van der Waals surface area contributed by atoms with Gasteiger partial charge in [-0.2, -0.15) is 13.2 Å². The summed E-state index contributed by atoms with van der Waals surface area (Å²) in [5.74, 6) is 5.92. The van der Waals surface area contributed by atoms with Crippen molar-refractivity contribution in [2.75, 3.05) is 0 Å². The van der Waals surface area contributed by atoms with E-state index < -0.39 is 17.8 Å². The van der Waals surface area contributed by atoms with E-state index in [9.17, 15) is 13.2 Å². The summed E-state index contributed by atoms with van der Waals surface area (Å²) >= 11 is 0. The zero-order chi connectivity index (χ0) is 13.2. The lowest BCUT2D eigenvalue weighted by atomic mass is 9.79. The maximum atomic E-state index is 12.9. The number of rotatable bonds is 4. The summed E-state index contributed by atoms with van der Waals surface area (Å²) in [4.78, 5) is 0. The number of nitrogens with one attached hydrogen (secondary N) is 1. The molecule has 0 amide bonds. The highest BCUT2D eigenvalue weighted by Crippen LogP contribution is 2.39. The van der Waals surface area contributed by atoms with Crippen LogP contribution in [0.2, 0.25) is 0 Å². The van der Waals surface area contributed by atoms with Gasteiger partial charge in [0, 0.05) is 6.04 Å². The molecule has 0 aromatic heterocycles. The molecule has 0 heterocycles. The van der Waals surface area contributed by atoms with Crippen LogP contribution in [0, 0.1) is 5.92 Å². The number of alkyl halides is 3. The van der Waals surface area contributed by atoms with Crippen molar-refractivity contribution < 1.29 is 13.2 Å². The third-order valence-corrected chi connectivity index (χ3v) is 3.64. The van der Waals surface area contributed by atoms with E-state index in [-0.39, 0.29) is 5.56 Å². The first-order valence-electron chi connectivity index (χ1n) is 6.14. The summed E-state index contributed by atoms with van der Waals surface area (Å²) in [5.41, 5.74) is 2.19. The monoisotopic (exact) mass is 258 g/mol. The molecule has 3 N–H and O–H groups in total. The molecule has 100 valence electrons. The molecular weight excluding hydrogens is 241 g/mol. The van der Waals surface area contributed by atoms with Crippen molar-refractivity contribution in [2.24, 2.45) is 11.8 Å². The second kappa shape index (κ2) is 5.28. The topological polar surface area (TPSA) is 38.0 Å². The van der Waals surface area contributed by atoms with E-state index in [4.69, 9.17) is 5.84 Å². The van der Waals surface area contributed by atoms with Crippen molar-refractivity contribution in [2.45, 2.75) is 37.9 Å². The minimum absolute atomic E-state index is 0.249. The predicted molar refractivity (Wildman–Crippen MR) is 63.5 cm³/mol. The lowest BCUT2D eigenvalue weighted by Crippen LogP contribution is -2.32. The maximum absolute atomic E-state index is 12.9. The van der Waals surface area contributed by atoms with Crippen LogP contribution in [0.25, 0.3) is 0 Å². The van der Waals surface area contributed by atoms with Gasteiger partial charge in [-0.1, -0.05) is 37.5 Å². The molecule has 1 saturated carbocycles. The molecular formula is C13H17F3N2. The predicted octanol–water partition coefficient (Wildman–Crippen LogP) is 3.40. The number of nitrogens with two attached hydrogens (primary N) is 1. The van der Waals surface area contributed by atoms with E-state index in [0.717, 1.165) is 18.9 Å². The van der Waals surface area contributed by atoms with E-state index in [0.29, 0.717) is 12.3 Å². The van der Waals surface area contributed by atoms with Gasteiger partial charge in [-0.25, -0.2) is 0 Å². The zero-order valence-electron chi connectivity index (χ0n) is 10.0. The van der Waals surface area contributed by atoms with Crippen LogP contribution in [0.5, 0.6) is 0 Å². The Hall–Kier alpha value is -1.07. The lowest BCUT2D eigenvalue weighted by molar-refractivity contribution is -0.138. The van der Waals surface area contributed by atoms with Crippen LogP contribution in [0.4, 0.5) is 13.2 Å². The van der Waals surface area contributed by atoms with Crippen molar-refractivity contribution >= 4 is 0 Å². The van der Waals surface area contributed by atoms with Gasteiger partial charge in [0.25, 0.3) is 0 Å². The minimum atomic E-state index is -4.33. The molecule has 1 fully saturated rings. The third-order valence-electron chi connectivity index (χ3n) is 3.64.